The molecule has 8 heteroatoms. The normalized spacial score (nSPS) is 35.4. The molecule has 1 amide bonds. The van der Waals surface area contributed by atoms with Crippen molar-refractivity contribution in [2.45, 2.75) is 49.4 Å². The highest BCUT2D eigenvalue weighted by molar-refractivity contribution is 5.70. The van der Waals surface area contributed by atoms with E-state index in [0.717, 1.165) is 12.5 Å². The first-order chi connectivity index (χ1) is 11.9. The molecule has 0 bridgehead atoms. The van der Waals surface area contributed by atoms with Crippen LogP contribution in [-0.4, -0.2) is 48.3 Å². The van der Waals surface area contributed by atoms with E-state index in [9.17, 15) is 18.0 Å². The van der Waals surface area contributed by atoms with E-state index in [4.69, 9.17) is 10.5 Å². The Balaban J connectivity index is 1.43. The number of rotatable bonds is 2. The van der Waals surface area contributed by atoms with E-state index in [1.807, 2.05) is 0 Å². The van der Waals surface area contributed by atoms with Gasteiger partial charge in [0.2, 0.25) is 0 Å². The summed E-state index contributed by atoms with van der Waals surface area (Å²) in [6, 6.07) is 1.40. The minimum Gasteiger partial charge on any atom is -0.443 e. The van der Waals surface area contributed by atoms with Crippen molar-refractivity contribution in [3.05, 3.63) is 35.1 Å². The zero-order chi connectivity index (χ0) is 17.7. The molecule has 5 atom stereocenters. The molecule has 1 aromatic carbocycles. The molecule has 1 aromatic rings. The van der Waals surface area contributed by atoms with Gasteiger partial charge in [0.25, 0.3) is 0 Å². The minimum absolute atomic E-state index is 0.00471. The number of amides is 1. The van der Waals surface area contributed by atoms with E-state index in [-0.39, 0.29) is 41.8 Å². The SMILES string of the molecule is NC1C[C@@H](N2C[C@@H]3NC(=O)O[C@@H]3C2)CC[C@@H]1c1cc(F)c(F)cc1F. The van der Waals surface area contributed by atoms with Crippen molar-refractivity contribution in [1.29, 1.82) is 0 Å². The summed E-state index contributed by atoms with van der Waals surface area (Å²) in [5.41, 5.74) is 6.40. The van der Waals surface area contributed by atoms with Crippen molar-refractivity contribution in [3.63, 3.8) is 0 Å². The van der Waals surface area contributed by atoms with Crippen LogP contribution in [0.5, 0.6) is 0 Å². The molecule has 1 saturated carbocycles. The third-order valence-electron chi connectivity index (χ3n) is 5.68. The third-order valence-corrected chi connectivity index (χ3v) is 5.68. The van der Waals surface area contributed by atoms with Crippen molar-refractivity contribution >= 4 is 6.09 Å². The number of hydrogen-bond acceptors (Lipinski definition) is 4. The molecule has 2 saturated heterocycles. The average Bonchev–Trinajstić information content (AvgIpc) is 3.08. The van der Waals surface area contributed by atoms with Gasteiger partial charge in [0.05, 0.1) is 6.04 Å². The average molecular weight is 355 g/mol. The van der Waals surface area contributed by atoms with Crippen molar-refractivity contribution in [2.24, 2.45) is 5.73 Å². The van der Waals surface area contributed by atoms with Crippen LogP contribution in [-0.2, 0) is 4.74 Å². The van der Waals surface area contributed by atoms with Crippen LogP contribution in [0.1, 0.15) is 30.7 Å². The molecule has 1 aliphatic carbocycles. The number of nitrogens with zero attached hydrogens (tertiary/aromatic N) is 1. The number of ether oxygens (including phenoxy) is 1. The van der Waals surface area contributed by atoms with E-state index < -0.39 is 17.5 Å². The zero-order valence-electron chi connectivity index (χ0n) is 13.6. The number of nitrogens with one attached hydrogen (secondary N) is 1. The number of halogens is 3. The van der Waals surface area contributed by atoms with Crippen LogP contribution in [0, 0.1) is 17.5 Å². The van der Waals surface area contributed by atoms with Crippen molar-refractivity contribution in [2.75, 3.05) is 13.1 Å². The molecule has 136 valence electrons. The Labute approximate surface area is 143 Å². The number of hydrogen-bond donors (Lipinski definition) is 2. The second-order valence-corrected chi connectivity index (χ2v) is 7.17. The Morgan fingerprint density at radius 3 is 2.60 bits per heavy atom. The summed E-state index contributed by atoms with van der Waals surface area (Å²) in [7, 11) is 0. The molecule has 2 heterocycles. The van der Waals surface area contributed by atoms with Gasteiger partial charge in [-0.05, 0) is 30.9 Å². The summed E-state index contributed by atoms with van der Waals surface area (Å²) in [6.07, 6.45) is 1.52. The van der Waals surface area contributed by atoms with Crippen LogP contribution in [0.3, 0.4) is 0 Å². The molecule has 0 spiro atoms. The molecule has 4 rings (SSSR count). The maximum atomic E-state index is 14.0. The summed E-state index contributed by atoms with van der Waals surface area (Å²) < 4.78 is 45.9. The van der Waals surface area contributed by atoms with Gasteiger partial charge in [-0.2, -0.15) is 0 Å². The maximum Gasteiger partial charge on any atom is 0.407 e. The Kier molecular flexibility index (Phi) is 4.11. The quantitative estimate of drug-likeness (QED) is 0.795. The summed E-state index contributed by atoms with van der Waals surface area (Å²) in [5.74, 6) is -3.31. The second-order valence-electron chi connectivity index (χ2n) is 7.17. The molecular formula is C17H20F3N3O2. The van der Waals surface area contributed by atoms with Crippen LogP contribution < -0.4 is 11.1 Å². The van der Waals surface area contributed by atoms with Crippen molar-refractivity contribution < 1.29 is 22.7 Å². The van der Waals surface area contributed by atoms with Gasteiger partial charge in [-0.1, -0.05) is 0 Å². The third kappa shape index (κ3) is 2.97. The van der Waals surface area contributed by atoms with E-state index in [2.05, 4.69) is 10.2 Å². The number of likely N-dealkylation sites (tertiary alicyclic amines) is 1. The Bertz CT molecular complexity index is 686. The van der Waals surface area contributed by atoms with Gasteiger partial charge in [-0.25, -0.2) is 18.0 Å². The molecule has 0 aromatic heterocycles. The fourth-order valence-electron chi connectivity index (χ4n) is 4.40. The molecular weight excluding hydrogens is 335 g/mol. The number of carbonyl (C=O) groups is 1. The van der Waals surface area contributed by atoms with Crippen LogP contribution >= 0.6 is 0 Å². The topological polar surface area (TPSA) is 67.6 Å². The number of alkyl carbamates (subject to hydrolysis) is 1. The van der Waals surface area contributed by atoms with Crippen LogP contribution in [0.4, 0.5) is 18.0 Å². The Morgan fingerprint density at radius 2 is 1.88 bits per heavy atom. The van der Waals surface area contributed by atoms with Gasteiger partial charge in [-0.15, -0.1) is 0 Å². The molecule has 3 fully saturated rings. The number of nitrogens with two attached hydrogens (primary N) is 1. The summed E-state index contributed by atoms with van der Waals surface area (Å²) in [5, 5.41) is 2.79. The maximum absolute atomic E-state index is 14.0. The predicted molar refractivity (Wildman–Crippen MR) is 83.4 cm³/mol. The fraction of sp³-hybridized carbons (Fsp3) is 0.588. The van der Waals surface area contributed by atoms with Gasteiger partial charge in [0, 0.05) is 37.2 Å². The molecule has 25 heavy (non-hydrogen) atoms. The monoisotopic (exact) mass is 355 g/mol. The Hall–Kier alpha value is -1.80. The molecule has 5 nitrogen and oxygen atoms in total. The predicted octanol–water partition coefficient (Wildman–Crippen LogP) is 1.86. The first-order valence-electron chi connectivity index (χ1n) is 8.53. The minimum atomic E-state index is -1.19. The number of benzene rings is 1. The highest BCUT2D eigenvalue weighted by Gasteiger charge is 2.45. The van der Waals surface area contributed by atoms with E-state index >= 15 is 0 Å². The number of carbonyl (C=O) groups excluding carboxylic acids is 1. The standard InChI is InChI=1S/C17H20F3N3O2/c18-11-5-13(20)12(19)4-10(11)9-2-1-8(3-14(9)21)23-6-15-16(7-23)25-17(24)22-15/h4-5,8-9,14-16H,1-3,6-7,21H2,(H,22,24)/t8-,9+,14?,15-,16+/m0/s1. The summed E-state index contributed by atoms with van der Waals surface area (Å²) in [4.78, 5) is 13.5. The first kappa shape index (κ1) is 16.7. The molecule has 0 radical (unpaired) electrons. The number of fused-ring (bicyclic) bond motifs is 1. The first-order valence-corrected chi connectivity index (χ1v) is 8.53. The lowest BCUT2D eigenvalue weighted by Gasteiger charge is -2.39. The van der Waals surface area contributed by atoms with E-state index in [1.54, 1.807) is 0 Å². The summed E-state index contributed by atoms with van der Waals surface area (Å²) >= 11 is 0. The second kappa shape index (κ2) is 6.17. The van der Waals surface area contributed by atoms with Gasteiger partial charge >= 0.3 is 6.09 Å². The van der Waals surface area contributed by atoms with E-state index in [1.165, 1.54) is 0 Å². The zero-order valence-corrected chi connectivity index (χ0v) is 13.6. The lowest BCUT2D eigenvalue weighted by atomic mass is 9.77. The molecule has 3 N–H and O–H groups in total. The molecule has 2 aliphatic heterocycles. The summed E-state index contributed by atoms with van der Waals surface area (Å²) in [6.45, 7) is 1.36. The van der Waals surface area contributed by atoms with Gasteiger partial charge in [0.15, 0.2) is 11.6 Å². The molecule has 3 aliphatic rings. The Morgan fingerprint density at radius 1 is 1.12 bits per heavy atom. The van der Waals surface area contributed by atoms with Crippen LogP contribution in [0.2, 0.25) is 0 Å². The van der Waals surface area contributed by atoms with Crippen LogP contribution in [0.15, 0.2) is 12.1 Å². The van der Waals surface area contributed by atoms with Crippen molar-refractivity contribution in [1.82, 2.24) is 10.2 Å². The highest BCUT2D eigenvalue weighted by Crippen LogP contribution is 2.37. The van der Waals surface area contributed by atoms with Gasteiger partial charge in [-0.3, -0.25) is 4.90 Å². The smallest absolute Gasteiger partial charge is 0.407 e. The lowest BCUT2D eigenvalue weighted by molar-refractivity contribution is 0.110. The van der Waals surface area contributed by atoms with Crippen LogP contribution in [0.25, 0.3) is 0 Å². The van der Waals surface area contributed by atoms with Gasteiger partial charge < -0.3 is 15.8 Å². The van der Waals surface area contributed by atoms with Gasteiger partial charge in [0.1, 0.15) is 11.9 Å². The fourth-order valence-corrected chi connectivity index (χ4v) is 4.40. The van der Waals surface area contributed by atoms with Crippen molar-refractivity contribution in [3.8, 4) is 0 Å². The highest BCUT2D eigenvalue weighted by atomic mass is 19.2. The van der Waals surface area contributed by atoms with E-state index in [0.29, 0.717) is 32.0 Å². The molecule has 1 unspecified atom stereocenters. The lowest BCUT2D eigenvalue weighted by Crippen LogP contribution is -2.46. The largest absolute Gasteiger partial charge is 0.443 e.